The lowest BCUT2D eigenvalue weighted by Gasteiger charge is -2.30. The summed E-state index contributed by atoms with van der Waals surface area (Å²) in [6.45, 7) is 0.917. The molecule has 1 aromatic carbocycles. The maximum Gasteiger partial charge on any atom is 0.428 e. The van der Waals surface area contributed by atoms with Gasteiger partial charge in [-0.2, -0.15) is 0 Å². The normalized spacial score (nSPS) is 14.7. The number of ether oxygens (including phenoxy) is 1. The first kappa shape index (κ1) is 12.4. The predicted molar refractivity (Wildman–Crippen MR) is 65.3 cm³/mol. The third-order valence-corrected chi connectivity index (χ3v) is 2.90. The first-order valence-corrected chi connectivity index (χ1v) is 5.92. The fourth-order valence-electron chi connectivity index (χ4n) is 2.00. The molecule has 0 spiro atoms. The Morgan fingerprint density at radius 3 is 2.67 bits per heavy atom. The van der Waals surface area contributed by atoms with Crippen LogP contribution in [0.5, 0.6) is 0 Å². The van der Waals surface area contributed by atoms with E-state index in [0.29, 0.717) is 19.5 Å². The van der Waals surface area contributed by atoms with Gasteiger partial charge in [0.25, 0.3) is 0 Å². The lowest BCUT2D eigenvalue weighted by atomic mass is 10.2. The van der Waals surface area contributed by atoms with Crippen LogP contribution in [0.4, 0.5) is 4.79 Å². The van der Waals surface area contributed by atoms with E-state index in [9.17, 15) is 9.59 Å². The Kier molecular flexibility index (Phi) is 3.82. The summed E-state index contributed by atoms with van der Waals surface area (Å²) in [4.78, 5) is 23.5. The van der Waals surface area contributed by atoms with E-state index in [1.54, 1.807) is 0 Å². The summed E-state index contributed by atoms with van der Waals surface area (Å²) in [5.41, 5.74) is 0.961. The number of methoxy groups -OCH3 is 1. The maximum atomic E-state index is 11.8. The van der Waals surface area contributed by atoms with Crippen molar-refractivity contribution in [3.8, 4) is 0 Å². The summed E-state index contributed by atoms with van der Waals surface area (Å²) in [6.07, 6.45) is 0.762. The minimum absolute atomic E-state index is 0.0312. The predicted octanol–water partition coefficient (Wildman–Crippen LogP) is 1.79. The Hall–Kier alpha value is -2.04. The third-order valence-electron chi connectivity index (χ3n) is 2.90. The molecule has 2 amide bonds. The van der Waals surface area contributed by atoms with E-state index < -0.39 is 6.09 Å². The molecule has 1 saturated heterocycles. The van der Waals surface area contributed by atoms with Crippen LogP contribution in [0.3, 0.4) is 0 Å². The smallest absolute Gasteiger partial charge is 0.428 e. The highest BCUT2D eigenvalue weighted by Crippen LogP contribution is 2.16. The number of hydrogen-bond acceptors (Lipinski definition) is 3. The van der Waals surface area contributed by atoms with Gasteiger partial charge in [0.15, 0.2) is 0 Å². The second-order valence-electron chi connectivity index (χ2n) is 4.13. The minimum Gasteiger partial charge on any atom is -0.452 e. The zero-order chi connectivity index (χ0) is 13.0. The van der Waals surface area contributed by atoms with Crippen LogP contribution in [0.25, 0.3) is 0 Å². The average Bonchev–Trinajstić information content (AvgIpc) is 2.82. The molecular weight excluding hydrogens is 232 g/mol. The van der Waals surface area contributed by atoms with Gasteiger partial charge in [-0.15, -0.1) is 0 Å². The number of nitrogens with zero attached hydrogens (tertiary/aromatic N) is 2. The van der Waals surface area contributed by atoms with Gasteiger partial charge in [-0.1, -0.05) is 30.3 Å². The standard InChI is InChI=1S/C13H16N2O3/c1-18-13(17)15(14-9-5-8-12(14)16)10-11-6-3-2-4-7-11/h2-4,6-7H,5,8-10H2,1H3. The molecule has 0 aromatic heterocycles. The molecule has 2 rings (SSSR count). The van der Waals surface area contributed by atoms with E-state index in [1.165, 1.54) is 17.1 Å². The summed E-state index contributed by atoms with van der Waals surface area (Å²) in [7, 11) is 1.32. The fourth-order valence-corrected chi connectivity index (χ4v) is 2.00. The second-order valence-corrected chi connectivity index (χ2v) is 4.13. The van der Waals surface area contributed by atoms with Crippen LogP contribution in [-0.2, 0) is 16.1 Å². The molecule has 0 saturated carbocycles. The van der Waals surface area contributed by atoms with Gasteiger partial charge in [-0.3, -0.25) is 4.79 Å². The summed E-state index contributed by atoms with van der Waals surface area (Å²) in [6, 6.07) is 9.53. The number of rotatable bonds is 3. The van der Waals surface area contributed by atoms with Gasteiger partial charge in [0, 0.05) is 13.0 Å². The molecule has 1 aliphatic rings. The number of amides is 2. The molecule has 0 bridgehead atoms. The van der Waals surface area contributed by atoms with E-state index in [1.807, 2.05) is 30.3 Å². The van der Waals surface area contributed by atoms with Gasteiger partial charge in [-0.05, 0) is 12.0 Å². The first-order valence-electron chi connectivity index (χ1n) is 5.92. The van der Waals surface area contributed by atoms with E-state index in [2.05, 4.69) is 0 Å². The summed E-state index contributed by atoms with van der Waals surface area (Å²) < 4.78 is 4.74. The van der Waals surface area contributed by atoms with Gasteiger partial charge in [0.1, 0.15) is 0 Å². The monoisotopic (exact) mass is 248 g/mol. The average molecular weight is 248 g/mol. The molecule has 5 heteroatoms. The number of hydrazine groups is 1. The van der Waals surface area contributed by atoms with Crippen molar-refractivity contribution in [2.75, 3.05) is 13.7 Å². The van der Waals surface area contributed by atoms with E-state index in [0.717, 1.165) is 12.0 Å². The zero-order valence-electron chi connectivity index (χ0n) is 10.3. The van der Waals surface area contributed by atoms with Gasteiger partial charge in [-0.25, -0.2) is 14.8 Å². The van der Waals surface area contributed by atoms with Gasteiger partial charge in [0.2, 0.25) is 5.91 Å². The molecule has 18 heavy (non-hydrogen) atoms. The Morgan fingerprint density at radius 2 is 2.11 bits per heavy atom. The topological polar surface area (TPSA) is 49.9 Å². The SMILES string of the molecule is COC(=O)N(Cc1ccccc1)N1CCCC1=O. The number of carbonyl (C=O) groups is 2. The van der Waals surface area contributed by atoms with E-state index in [-0.39, 0.29) is 5.91 Å². The molecule has 0 radical (unpaired) electrons. The Labute approximate surface area is 106 Å². The van der Waals surface area contributed by atoms with Crippen molar-refractivity contribution >= 4 is 12.0 Å². The highest BCUT2D eigenvalue weighted by molar-refractivity contribution is 5.80. The van der Waals surface area contributed by atoms with Crippen LogP contribution >= 0.6 is 0 Å². The van der Waals surface area contributed by atoms with E-state index >= 15 is 0 Å². The van der Waals surface area contributed by atoms with Crippen LogP contribution in [0.1, 0.15) is 18.4 Å². The first-order chi connectivity index (χ1) is 8.72. The van der Waals surface area contributed by atoms with Crippen molar-refractivity contribution in [3.63, 3.8) is 0 Å². The fraction of sp³-hybridized carbons (Fsp3) is 0.385. The minimum atomic E-state index is -0.505. The van der Waals surface area contributed by atoms with Crippen molar-refractivity contribution in [3.05, 3.63) is 35.9 Å². The Bertz CT molecular complexity index is 433. The molecule has 96 valence electrons. The molecule has 5 nitrogen and oxygen atoms in total. The number of hydrogen-bond donors (Lipinski definition) is 0. The molecule has 0 aliphatic carbocycles. The largest absolute Gasteiger partial charge is 0.452 e. The second kappa shape index (κ2) is 5.53. The molecule has 1 fully saturated rings. The molecule has 1 aromatic rings. The molecule has 1 aliphatic heterocycles. The van der Waals surface area contributed by atoms with Crippen LogP contribution in [0.2, 0.25) is 0 Å². The molecule has 0 N–H and O–H groups in total. The van der Waals surface area contributed by atoms with Crippen molar-refractivity contribution < 1.29 is 14.3 Å². The maximum absolute atomic E-state index is 11.8. The highest BCUT2D eigenvalue weighted by Gasteiger charge is 2.30. The molecular formula is C13H16N2O3. The summed E-state index contributed by atoms with van der Waals surface area (Å²) in [5.74, 6) is -0.0312. The lowest BCUT2D eigenvalue weighted by Crippen LogP contribution is -2.46. The lowest BCUT2D eigenvalue weighted by molar-refractivity contribution is -0.141. The summed E-state index contributed by atoms with van der Waals surface area (Å²) >= 11 is 0. The van der Waals surface area contributed by atoms with Crippen molar-refractivity contribution in [2.45, 2.75) is 19.4 Å². The van der Waals surface area contributed by atoms with Crippen molar-refractivity contribution in [1.82, 2.24) is 10.0 Å². The van der Waals surface area contributed by atoms with Crippen LogP contribution in [0.15, 0.2) is 30.3 Å². The zero-order valence-corrected chi connectivity index (χ0v) is 10.3. The Balaban J connectivity index is 2.15. The molecule has 0 atom stereocenters. The van der Waals surface area contributed by atoms with Gasteiger partial charge < -0.3 is 4.74 Å². The third kappa shape index (κ3) is 2.61. The van der Waals surface area contributed by atoms with Crippen LogP contribution in [0, 0.1) is 0 Å². The van der Waals surface area contributed by atoms with Crippen molar-refractivity contribution in [1.29, 1.82) is 0 Å². The molecule has 0 unspecified atom stereocenters. The quantitative estimate of drug-likeness (QED) is 0.819. The van der Waals surface area contributed by atoms with Crippen LogP contribution in [-0.4, -0.2) is 35.7 Å². The molecule has 1 heterocycles. The van der Waals surface area contributed by atoms with Gasteiger partial charge in [0.05, 0.1) is 13.7 Å². The number of benzene rings is 1. The summed E-state index contributed by atoms with van der Waals surface area (Å²) in [5, 5.41) is 2.84. The highest BCUT2D eigenvalue weighted by atomic mass is 16.5. The van der Waals surface area contributed by atoms with Crippen molar-refractivity contribution in [2.24, 2.45) is 0 Å². The Morgan fingerprint density at radius 1 is 1.39 bits per heavy atom. The van der Waals surface area contributed by atoms with E-state index in [4.69, 9.17) is 4.74 Å². The number of carbonyl (C=O) groups excluding carboxylic acids is 2. The van der Waals surface area contributed by atoms with Crippen LogP contribution < -0.4 is 0 Å². The van der Waals surface area contributed by atoms with Gasteiger partial charge >= 0.3 is 6.09 Å².